The van der Waals surface area contributed by atoms with E-state index in [1.807, 2.05) is 43.3 Å². The smallest absolute Gasteiger partial charge is 0.412 e. The predicted octanol–water partition coefficient (Wildman–Crippen LogP) is 6.79. The topological polar surface area (TPSA) is 84.9 Å². The number of aromatic carboxylic acids is 1. The number of hydrogen-bond acceptors (Lipinski definition) is 5. The van der Waals surface area contributed by atoms with Crippen molar-refractivity contribution in [2.24, 2.45) is 0 Å². The normalized spacial score (nSPS) is 12.1. The molecule has 1 aliphatic carbocycles. The molecule has 4 aromatic rings. The molecule has 0 unspecified atom stereocenters. The SMILES string of the molecule is COc1ccc(-c2c(C)sc(NC(=O)OCC3c4ccccc4-c4ccccc43)c2C(=O)O)cc1. The van der Waals surface area contributed by atoms with Gasteiger partial charge in [-0.25, -0.2) is 9.59 Å². The van der Waals surface area contributed by atoms with Crippen LogP contribution >= 0.6 is 11.3 Å². The predicted molar refractivity (Wildman–Crippen MR) is 137 cm³/mol. The number of aryl methyl sites for hydroxylation is 1. The summed E-state index contributed by atoms with van der Waals surface area (Å²) in [5.74, 6) is -0.517. The van der Waals surface area contributed by atoms with Crippen LogP contribution in [0.25, 0.3) is 22.3 Å². The molecular weight excluding hydrogens is 462 g/mol. The Balaban J connectivity index is 1.37. The molecule has 0 saturated carbocycles. The standard InChI is InChI=1S/C28H23NO5S/c1-16-24(17-11-13-18(33-2)14-12-17)25(27(30)31)26(35-16)29-28(32)34-15-23-21-9-5-3-7-19(21)20-8-4-6-10-22(20)23/h3-14,23H,15H2,1-2H3,(H,29,32)(H,30,31). The second-order valence-electron chi connectivity index (χ2n) is 8.22. The van der Waals surface area contributed by atoms with Crippen molar-refractivity contribution < 1.29 is 24.2 Å². The summed E-state index contributed by atoms with van der Waals surface area (Å²) in [5, 5.41) is 12.9. The van der Waals surface area contributed by atoms with Crippen molar-refractivity contribution in [1.29, 1.82) is 0 Å². The number of benzene rings is 3. The number of hydrogen-bond donors (Lipinski definition) is 2. The van der Waals surface area contributed by atoms with Gasteiger partial charge in [-0.2, -0.15) is 0 Å². The van der Waals surface area contributed by atoms with Crippen LogP contribution in [0.5, 0.6) is 5.75 Å². The third kappa shape index (κ3) is 4.15. The van der Waals surface area contributed by atoms with E-state index in [0.717, 1.165) is 32.7 Å². The highest BCUT2D eigenvalue weighted by atomic mass is 32.1. The maximum atomic E-state index is 12.8. The van der Waals surface area contributed by atoms with Crippen LogP contribution in [0.1, 0.15) is 32.3 Å². The molecule has 6 nitrogen and oxygen atoms in total. The number of carboxylic acids is 1. The fourth-order valence-corrected chi connectivity index (χ4v) is 5.72. The van der Waals surface area contributed by atoms with E-state index in [4.69, 9.17) is 9.47 Å². The molecule has 0 bridgehead atoms. The highest BCUT2D eigenvalue weighted by Gasteiger charge is 2.30. The monoisotopic (exact) mass is 485 g/mol. The maximum absolute atomic E-state index is 12.8. The van der Waals surface area contributed by atoms with Crippen molar-refractivity contribution >= 4 is 28.4 Å². The number of anilines is 1. The molecule has 1 heterocycles. The van der Waals surface area contributed by atoms with Crippen LogP contribution in [-0.2, 0) is 4.74 Å². The number of nitrogens with one attached hydrogen (secondary N) is 1. The Kier molecular flexibility index (Phi) is 6.01. The van der Waals surface area contributed by atoms with Crippen LogP contribution in [0, 0.1) is 6.92 Å². The number of carbonyl (C=O) groups is 2. The zero-order valence-electron chi connectivity index (χ0n) is 19.2. The molecule has 1 amide bonds. The maximum Gasteiger partial charge on any atom is 0.412 e. The quantitative estimate of drug-likeness (QED) is 0.314. The molecule has 0 atom stereocenters. The Morgan fingerprint density at radius 3 is 2.11 bits per heavy atom. The van der Waals surface area contributed by atoms with Gasteiger partial charge in [0.1, 0.15) is 22.9 Å². The fraction of sp³-hybridized carbons (Fsp3) is 0.143. The average Bonchev–Trinajstić information content (AvgIpc) is 3.37. The summed E-state index contributed by atoms with van der Waals surface area (Å²) in [5.41, 5.74) is 5.86. The number of methoxy groups -OCH3 is 1. The molecule has 1 aromatic heterocycles. The van der Waals surface area contributed by atoms with Gasteiger partial charge < -0.3 is 14.6 Å². The van der Waals surface area contributed by atoms with Gasteiger partial charge in [0, 0.05) is 16.4 Å². The number of rotatable bonds is 6. The van der Waals surface area contributed by atoms with Crippen molar-refractivity contribution in [1.82, 2.24) is 0 Å². The molecule has 5 rings (SSSR count). The molecule has 7 heteroatoms. The van der Waals surface area contributed by atoms with E-state index in [1.165, 1.54) is 11.3 Å². The van der Waals surface area contributed by atoms with Crippen molar-refractivity contribution in [3.63, 3.8) is 0 Å². The first-order valence-corrected chi connectivity index (χ1v) is 11.9. The summed E-state index contributed by atoms with van der Waals surface area (Å²) in [6.45, 7) is 1.98. The third-order valence-electron chi connectivity index (χ3n) is 6.24. The van der Waals surface area contributed by atoms with Gasteiger partial charge in [-0.3, -0.25) is 5.32 Å². The van der Waals surface area contributed by atoms with Gasteiger partial charge in [-0.15, -0.1) is 11.3 Å². The molecule has 35 heavy (non-hydrogen) atoms. The second kappa shape index (κ2) is 9.27. The van der Waals surface area contributed by atoms with E-state index in [0.29, 0.717) is 11.3 Å². The molecule has 0 radical (unpaired) electrons. The molecular formula is C28H23NO5S. The largest absolute Gasteiger partial charge is 0.497 e. The van der Waals surface area contributed by atoms with Crippen LogP contribution in [0.4, 0.5) is 9.80 Å². The summed E-state index contributed by atoms with van der Waals surface area (Å²) in [6.07, 6.45) is -0.683. The Bertz CT molecular complexity index is 1380. The van der Waals surface area contributed by atoms with Gasteiger partial charge in [-0.05, 0) is 46.9 Å². The van der Waals surface area contributed by atoms with Crippen LogP contribution in [0.15, 0.2) is 72.8 Å². The zero-order valence-corrected chi connectivity index (χ0v) is 20.0. The molecule has 0 aliphatic heterocycles. The fourth-order valence-electron chi connectivity index (χ4n) is 4.67. The summed E-state index contributed by atoms with van der Waals surface area (Å²) < 4.78 is 10.8. The van der Waals surface area contributed by atoms with Gasteiger partial charge in [0.15, 0.2) is 0 Å². The minimum absolute atomic E-state index is 0.0474. The summed E-state index contributed by atoms with van der Waals surface area (Å²) in [6, 6.07) is 23.4. The first-order chi connectivity index (χ1) is 17.0. The van der Waals surface area contributed by atoms with Gasteiger partial charge in [0.2, 0.25) is 0 Å². The van der Waals surface area contributed by atoms with Crippen molar-refractivity contribution in [2.75, 3.05) is 19.0 Å². The lowest BCUT2D eigenvalue weighted by Crippen LogP contribution is -2.18. The second-order valence-corrected chi connectivity index (χ2v) is 9.45. The van der Waals surface area contributed by atoms with Gasteiger partial charge in [0.05, 0.1) is 7.11 Å². The molecule has 0 fully saturated rings. The number of carboxylic acid groups (broad SMARTS) is 1. The number of carbonyl (C=O) groups excluding carboxylic acids is 1. The minimum atomic E-state index is -1.12. The van der Waals surface area contributed by atoms with E-state index in [1.54, 1.807) is 31.4 Å². The lowest BCUT2D eigenvalue weighted by atomic mass is 9.98. The molecule has 2 N–H and O–H groups in total. The van der Waals surface area contributed by atoms with Crippen LogP contribution in [0.2, 0.25) is 0 Å². The summed E-state index contributed by atoms with van der Waals surface area (Å²) in [7, 11) is 1.57. The van der Waals surface area contributed by atoms with E-state index >= 15 is 0 Å². The van der Waals surface area contributed by atoms with Gasteiger partial charge >= 0.3 is 12.1 Å². The first kappa shape index (κ1) is 22.7. The van der Waals surface area contributed by atoms with E-state index in [2.05, 4.69) is 17.4 Å². The number of ether oxygens (including phenoxy) is 2. The third-order valence-corrected chi connectivity index (χ3v) is 7.26. The van der Waals surface area contributed by atoms with Crippen molar-refractivity contribution in [3.05, 3.63) is 94.4 Å². The highest BCUT2D eigenvalue weighted by Crippen LogP contribution is 2.45. The lowest BCUT2D eigenvalue weighted by Gasteiger charge is -2.14. The first-order valence-electron chi connectivity index (χ1n) is 11.1. The van der Waals surface area contributed by atoms with E-state index in [9.17, 15) is 14.7 Å². The van der Waals surface area contributed by atoms with Crippen molar-refractivity contribution in [2.45, 2.75) is 12.8 Å². The summed E-state index contributed by atoms with van der Waals surface area (Å²) >= 11 is 1.21. The highest BCUT2D eigenvalue weighted by molar-refractivity contribution is 7.17. The zero-order chi connectivity index (χ0) is 24.5. The Hall–Kier alpha value is -4.10. The molecule has 1 aliphatic rings. The number of amides is 1. The molecule has 176 valence electrons. The number of fused-ring (bicyclic) bond motifs is 3. The van der Waals surface area contributed by atoms with Crippen LogP contribution < -0.4 is 10.1 Å². The Morgan fingerprint density at radius 1 is 0.943 bits per heavy atom. The van der Waals surface area contributed by atoms with Gasteiger partial charge in [0.25, 0.3) is 0 Å². The lowest BCUT2D eigenvalue weighted by molar-refractivity contribution is 0.0699. The van der Waals surface area contributed by atoms with Gasteiger partial charge in [-0.1, -0.05) is 60.7 Å². The number of thiophene rings is 1. The Labute approximate surface area is 206 Å². The Morgan fingerprint density at radius 2 is 1.54 bits per heavy atom. The van der Waals surface area contributed by atoms with E-state index in [-0.39, 0.29) is 23.1 Å². The van der Waals surface area contributed by atoms with Crippen LogP contribution in [0.3, 0.4) is 0 Å². The van der Waals surface area contributed by atoms with Crippen LogP contribution in [-0.4, -0.2) is 30.9 Å². The minimum Gasteiger partial charge on any atom is -0.497 e. The average molecular weight is 486 g/mol. The van der Waals surface area contributed by atoms with E-state index < -0.39 is 12.1 Å². The van der Waals surface area contributed by atoms with Crippen molar-refractivity contribution in [3.8, 4) is 28.0 Å². The molecule has 0 saturated heterocycles. The molecule has 0 spiro atoms. The summed E-state index contributed by atoms with van der Waals surface area (Å²) in [4.78, 5) is 25.7. The molecule has 3 aromatic carbocycles.